The topological polar surface area (TPSA) is 103 Å². The fraction of sp³-hybridized carbons (Fsp3) is 0.130. The van der Waals surface area contributed by atoms with E-state index in [0.29, 0.717) is 23.7 Å². The maximum Gasteiger partial charge on any atom is 0.271 e. The summed E-state index contributed by atoms with van der Waals surface area (Å²) in [6.45, 7) is 2.46. The monoisotopic (exact) mass is 563 g/mol. The number of nitrogens with zero attached hydrogens (tertiary/aromatic N) is 2. The zero-order valence-electron chi connectivity index (χ0n) is 17.5. The quantitative estimate of drug-likeness (QED) is 0.169. The molecule has 0 aliphatic rings. The third-order valence-corrected chi connectivity index (χ3v) is 5.15. The lowest BCUT2D eigenvalue weighted by Crippen LogP contribution is -2.17. The molecule has 0 fully saturated rings. The van der Waals surface area contributed by atoms with Crippen LogP contribution in [0.25, 0.3) is 0 Å². The van der Waals surface area contributed by atoms with E-state index >= 15 is 0 Å². The Bertz CT molecular complexity index is 1170. The third kappa shape index (κ3) is 6.72. The van der Waals surface area contributed by atoms with Crippen molar-refractivity contribution in [3.05, 3.63) is 96.9 Å². The van der Waals surface area contributed by atoms with Crippen LogP contribution in [0.2, 0.25) is 0 Å². The SMILES string of the molecule is CCOc1cc(/C=N\NC(=O)c2ccc(F)cc2)cc(I)c1OCc1ccc([N+](=O)[O-])cc1. The van der Waals surface area contributed by atoms with Gasteiger partial charge in [0.1, 0.15) is 12.4 Å². The van der Waals surface area contributed by atoms with Gasteiger partial charge in [0.2, 0.25) is 0 Å². The summed E-state index contributed by atoms with van der Waals surface area (Å²) in [4.78, 5) is 22.4. The lowest BCUT2D eigenvalue weighted by atomic mass is 10.2. The molecule has 0 aliphatic heterocycles. The highest BCUT2D eigenvalue weighted by Crippen LogP contribution is 2.34. The van der Waals surface area contributed by atoms with Crippen molar-refractivity contribution in [1.29, 1.82) is 0 Å². The summed E-state index contributed by atoms with van der Waals surface area (Å²) < 4.78 is 25.4. The van der Waals surface area contributed by atoms with Gasteiger partial charge in [-0.25, -0.2) is 9.82 Å². The van der Waals surface area contributed by atoms with Gasteiger partial charge in [-0.3, -0.25) is 14.9 Å². The van der Waals surface area contributed by atoms with E-state index in [1.165, 1.54) is 42.6 Å². The molecular formula is C23H19FIN3O5. The molecule has 8 nitrogen and oxygen atoms in total. The molecule has 0 bridgehead atoms. The van der Waals surface area contributed by atoms with Gasteiger partial charge in [-0.05, 0) is 89.2 Å². The summed E-state index contributed by atoms with van der Waals surface area (Å²) in [5, 5.41) is 14.7. The Morgan fingerprint density at radius 2 is 1.85 bits per heavy atom. The van der Waals surface area contributed by atoms with Crippen LogP contribution < -0.4 is 14.9 Å². The Morgan fingerprint density at radius 3 is 2.48 bits per heavy atom. The van der Waals surface area contributed by atoms with Crippen LogP contribution in [0.3, 0.4) is 0 Å². The summed E-state index contributed by atoms with van der Waals surface area (Å²) in [6, 6.07) is 14.8. The van der Waals surface area contributed by atoms with E-state index in [9.17, 15) is 19.3 Å². The number of carbonyl (C=O) groups excluding carboxylic acids is 1. The van der Waals surface area contributed by atoms with E-state index in [1.54, 1.807) is 18.2 Å². The highest BCUT2D eigenvalue weighted by Gasteiger charge is 2.13. The predicted octanol–water partition coefficient (Wildman–Crippen LogP) is 5.08. The molecule has 0 saturated carbocycles. The second kappa shape index (κ2) is 11.4. The van der Waals surface area contributed by atoms with Gasteiger partial charge in [-0.15, -0.1) is 0 Å². The van der Waals surface area contributed by atoms with Gasteiger partial charge in [0, 0.05) is 17.7 Å². The van der Waals surface area contributed by atoms with Gasteiger partial charge in [0.25, 0.3) is 11.6 Å². The molecule has 0 aliphatic carbocycles. The largest absolute Gasteiger partial charge is 0.490 e. The third-order valence-electron chi connectivity index (χ3n) is 4.35. The fourth-order valence-corrected chi connectivity index (χ4v) is 3.55. The molecule has 33 heavy (non-hydrogen) atoms. The zero-order valence-corrected chi connectivity index (χ0v) is 19.6. The standard InChI is InChI=1S/C23H19FIN3O5/c1-2-32-21-12-16(13-26-27-23(29)17-5-7-18(24)8-6-17)11-20(25)22(21)33-14-15-3-9-19(10-4-15)28(30)31/h3-13H,2,14H2,1H3,(H,27,29)/b26-13-. The number of ether oxygens (including phenoxy) is 2. The molecule has 3 rings (SSSR count). The molecule has 0 heterocycles. The van der Waals surface area contributed by atoms with Crippen molar-refractivity contribution in [2.75, 3.05) is 6.61 Å². The van der Waals surface area contributed by atoms with Crippen molar-refractivity contribution in [1.82, 2.24) is 5.43 Å². The van der Waals surface area contributed by atoms with E-state index in [0.717, 1.165) is 9.13 Å². The van der Waals surface area contributed by atoms with Crippen molar-refractivity contribution in [2.45, 2.75) is 13.5 Å². The Balaban J connectivity index is 1.70. The smallest absolute Gasteiger partial charge is 0.271 e. The van der Waals surface area contributed by atoms with E-state index in [4.69, 9.17) is 9.47 Å². The number of nitro benzene ring substituents is 1. The van der Waals surface area contributed by atoms with Gasteiger partial charge < -0.3 is 9.47 Å². The van der Waals surface area contributed by atoms with Crippen molar-refractivity contribution >= 4 is 40.4 Å². The van der Waals surface area contributed by atoms with Gasteiger partial charge in [-0.2, -0.15) is 5.10 Å². The number of nitrogens with one attached hydrogen (secondary N) is 1. The molecule has 3 aromatic carbocycles. The number of amides is 1. The second-order valence-electron chi connectivity index (χ2n) is 6.68. The van der Waals surface area contributed by atoms with Crippen LogP contribution in [0, 0.1) is 19.5 Å². The molecule has 3 aromatic rings. The van der Waals surface area contributed by atoms with Crippen LogP contribution >= 0.6 is 22.6 Å². The number of nitro groups is 1. The summed E-state index contributed by atoms with van der Waals surface area (Å²) in [6.07, 6.45) is 1.46. The van der Waals surface area contributed by atoms with E-state index in [2.05, 4.69) is 33.1 Å². The molecule has 0 spiro atoms. The van der Waals surface area contributed by atoms with Crippen LogP contribution in [0.1, 0.15) is 28.4 Å². The fourth-order valence-electron chi connectivity index (χ4n) is 2.77. The average Bonchev–Trinajstić information content (AvgIpc) is 2.79. The molecule has 0 aromatic heterocycles. The first-order valence-corrected chi connectivity index (χ1v) is 10.9. The van der Waals surface area contributed by atoms with Crippen molar-refractivity contribution in [3.8, 4) is 11.5 Å². The van der Waals surface area contributed by atoms with Crippen molar-refractivity contribution < 1.29 is 23.6 Å². The minimum Gasteiger partial charge on any atom is -0.490 e. The summed E-state index contributed by atoms with van der Waals surface area (Å²) in [7, 11) is 0. The van der Waals surface area contributed by atoms with E-state index < -0.39 is 16.6 Å². The number of carbonyl (C=O) groups is 1. The van der Waals surface area contributed by atoms with Gasteiger partial charge in [0.05, 0.1) is 21.3 Å². The number of hydrogen-bond donors (Lipinski definition) is 1. The Morgan fingerprint density at radius 1 is 1.15 bits per heavy atom. The average molecular weight is 563 g/mol. The number of hydrogen-bond acceptors (Lipinski definition) is 6. The normalized spacial score (nSPS) is 10.8. The Labute approximate surface area is 202 Å². The van der Waals surface area contributed by atoms with Crippen LogP contribution in [-0.4, -0.2) is 23.7 Å². The van der Waals surface area contributed by atoms with Gasteiger partial charge in [-0.1, -0.05) is 0 Å². The molecule has 0 radical (unpaired) electrons. The molecule has 0 atom stereocenters. The number of non-ortho nitro benzene ring substituents is 1. The van der Waals surface area contributed by atoms with E-state index in [-0.39, 0.29) is 17.9 Å². The first-order chi connectivity index (χ1) is 15.9. The summed E-state index contributed by atoms with van der Waals surface area (Å²) >= 11 is 2.11. The second-order valence-corrected chi connectivity index (χ2v) is 7.84. The molecular weight excluding hydrogens is 544 g/mol. The Kier molecular flexibility index (Phi) is 8.30. The predicted molar refractivity (Wildman–Crippen MR) is 129 cm³/mol. The lowest BCUT2D eigenvalue weighted by Gasteiger charge is -2.14. The zero-order chi connectivity index (χ0) is 23.8. The van der Waals surface area contributed by atoms with Crippen molar-refractivity contribution in [3.63, 3.8) is 0 Å². The van der Waals surface area contributed by atoms with Crippen LogP contribution in [0.4, 0.5) is 10.1 Å². The molecule has 0 saturated heterocycles. The van der Waals surface area contributed by atoms with Crippen molar-refractivity contribution in [2.24, 2.45) is 5.10 Å². The highest BCUT2D eigenvalue weighted by molar-refractivity contribution is 14.1. The highest BCUT2D eigenvalue weighted by atomic mass is 127. The molecule has 1 amide bonds. The van der Waals surface area contributed by atoms with Gasteiger partial charge in [0.15, 0.2) is 11.5 Å². The number of hydrazone groups is 1. The first kappa shape index (κ1) is 24.1. The molecule has 0 unspecified atom stereocenters. The molecule has 10 heteroatoms. The van der Waals surface area contributed by atoms with Gasteiger partial charge >= 0.3 is 0 Å². The first-order valence-electron chi connectivity index (χ1n) is 9.79. The maximum atomic E-state index is 13.0. The van der Waals surface area contributed by atoms with Crippen LogP contribution in [-0.2, 0) is 6.61 Å². The summed E-state index contributed by atoms with van der Waals surface area (Å²) in [5.41, 5.74) is 4.14. The maximum absolute atomic E-state index is 13.0. The molecule has 1 N–H and O–H groups in total. The minimum atomic E-state index is -0.464. The summed E-state index contributed by atoms with van der Waals surface area (Å²) in [5.74, 6) is 0.138. The molecule has 170 valence electrons. The Hall–Kier alpha value is -3.54. The van der Waals surface area contributed by atoms with E-state index in [1.807, 2.05) is 13.0 Å². The minimum absolute atomic E-state index is 0.0125. The van der Waals surface area contributed by atoms with Crippen LogP contribution in [0.5, 0.6) is 11.5 Å². The van der Waals surface area contributed by atoms with Crippen LogP contribution in [0.15, 0.2) is 65.8 Å². The lowest BCUT2D eigenvalue weighted by molar-refractivity contribution is -0.384. The number of benzene rings is 3. The number of halogens is 2. The number of rotatable bonds is 9.